The number of benzene rings is 5. The van der Waals surface area contributed by atoms with E-state index in [4.69, 9.17) is 18.6 Å². The van der Waals surface area contributed by atoms with Crippen LogP contribution in [0.2, 0.25) is 0 Å². The molecule has 1 aromatic heterocycles. The molecule has 1 fully saturated rings. The van der Waals surface area contributed by atoms with Gasteiger partial charge >= 0.3 is 0 Å². The van der Waals surface area contributed by atoms with E-state index in [0.29, 0.717) is 61.7 Å². The molecule has 1 aliphatic rings. The topological polar surface area (TPSA) is 149 Å². The molecule has 1 saturated heterocycles. The van der Waals surface area contributed by atoms with Gasteiger partial charge in [-0.3, -0.25) is 19.2 Å². The molecule has 1 aliphatic heterocycles. The SMILES string of the molecule is COc1cc(OC)c(OC)cc1C=C(NC(=O)c1ccccc1)C(=O)Nc1cccc(SC2CC(=O)N(c3ccc(-c4nc5ccccc5o4)cc3)C2=O)c1. The molecule has 6 aromatic rings. The summed E-state index contributed by atoms with van der Waals surface area (Å²) in [4.78, 5) is 60.2. The van der Waals surface area contributed by atoms with Crippen LogP contribution in [0, 0.1) is 0 Å². The normalized spacial score (nSPS) is 14.2. The second-order valence-corrected chi connectivity index (χ2v) is 13.5. The van der Waals surface area contributed by atoms with Gasteiger partial charge in [0.25, 0.3) is 11.8 Å². The largest absolute Gasteiger partial charge is 0.496 e. The smallest absolute Gasteiger partial charge is 0.272 e. The second-order valence-electron chi connectivity index (χ2n) is 12.2. The standard InChI is InChI=1S/C42H34N4O8S/c1-51-34-23-36(53-3)35(52-2)21-27(34)20-32(44-39(48)25-10-5-4-6-11-25)40(49)43-28-12-9-13-30(22-28)55-37-24-38(47)46(42(37)50)29-18-16-26(17-19-29)41-45-31-14-7-8-15-33(31)54-41/h4-23,37H,24H2,1-3H3,(H,43,49)(H,44,48). The number of hydrogen-bond donors (Lipinski definition) is 2. The van der Waals surface area contributed by atoms with Crippen molar-refractivity contribution >= 4 is 63.9 Å². The summed E-state index contributed by atoms with van der Waals surface area (Å²) in [5.74, 6) is -0.168. The molecule has 2 N–H and O–H groups in total. The third-order valence-electron chi connectivity index (χ3n) is 8.71. The quantitative estimate of drug-likeness (QED) is 0.0959. The highest BCUT2D eigenvalue weighted by atomic mass is 32.2. The highest BCUT2D eigenvalue weighted by Crippen LogP contribution is 2.37. The van der Waals surface area contributed by atoms with Crippen molar-refractivity contribution in [2.24, 2.45) is 0 Å². The number of oxazole rings is 1. The number of nitrogens with one attached hydrogen (secondary N) is 2. The summed E-state index contributed by atoms with van der Waals surface area (Å²) in [6.45, 7) is 0. The van der Waals surface area contributed by atoms with E-state index in [1.54, 1.807) is 91.0 Å². The van der Waals surface area contributed by atoms with E-state index < -0.39 is 17.1 Å². The summed E-state index contributed by atoms with van der Waals surface area (Å²) >= 11 is 1.22. The number of thioether (sulfide) groups is 1. The number of carbonyl (C=O) groups is 4. The Hall–Kier alpha value is -6.86. The third-order valence-corrected chi connectivity index (χ3v) is 9.89. The zero-order valence-corrected chi connectivity index (χ0v) is 30.7. The van der Waals surface area contributed by atoms with Crippen LogP contribution in [-0.2, 0) is 14.4 Å². The van der Waals surface area contributed by atoms with Crippen LogP contribution in [0.25, 0.3) is 28.6 Å². The summed E-state index contributed by atoms with van der Waals surface area (Å²) in [5, 5.41) is 4.88. The maximum Gasteiger partial charge on any atom is 0.272 e. The second kappa shape index (κ2) is 16.0. The Morgan fingerprint density at radius 1 is 0.818 bits per heavy atom. The molecule has 1 unspecified atom stereocenters. The molecule has 7 rings (SSSR count). The van der Waals surface area contributed by atoms with E-state index >= 15 is 0 Å². The summed E-state index contributed by atoms with van der Waals surface area (Å²) in [5.41, 5.74) is 3.67. The zero-order chi connectivity index (χ0) is 38.5. The summed E-state index contributed by atoms with van der Waals surface area (Å²) < 4.78 is 22.3. The molecule has 2 heterocycles. The van der Waals surface area contributed by atoms with Gasteiger partial charge in [0.1, 0.15) is 17.0 Å². The van der Waals surface area contributed by atoms with E-state index in [0.717, 1.165) is 5.52 Å². The number of aromatic nitrogens is 1. The number of ether oxygens (including phenoxy) is 3. The van der Waals surface area contributed by atoms with Crippen molar-refractivity contribution in [2.75, 3.05) is 31.5 Å². The van der Waals surface area contributed by atoms with Crippen molar-refractivity contribution < 1.29 is 37.8 Å². The van der Waals surface area contributed by atoms with Crippen LogP contribution in [0.1, 0.15) is 22.3 Å². The summed E-state index contributed by atoms with van der Waals surface area (Å²) in [6.07, 6.45) is 1.48. The minimum Gasteiger partial charge on any atom is -0.496 e. The summed E-state index contributed by atoms with van der Waals surface area (Å²) in [7, 11) is 4.46. The summed E-state index contributed by atoms with van der Waals surface area (Å²) in [6, 6.07) is 33.0. The van der Waals surface area contributed by atoms with Crippen molar-refractivity contribution in [3.8, 4) is 28.7 Å². The predicted octanol–water partition coefficient (Wildman–Crippen LogP) is 7.35. The van der Waals surface area contributed by atoms with Crippen LogP contribution in [0.5, 0.6) is 17.2 Å². The van der Waals surface area contributed by atoms with Gasteiger partial charge in [0, 0.05) is 39.8 Å². The monoisotopic (exact) mass is 754 g/mol. The maximum atomic E-state index is 13.9. The van der Waals surface area contributed by atoms with Gasteiger partial charge < -0.3 is 29.3 Å². The lowest BCUT2D eigenvalue weighted by Crippen LogP contribution is -2.31. The first-order chi connectivity index (χ1) is 26.7. The molecule has 12 nitrogen and oxygen atoms in total. The Balaban J connectivity index is 1.08. The van der Waals surface area contributed by atoms with Gasteiger partial charge in [-0.15, -0.1) is 11.8 Å². The van der Waals surface area contributed by atoms with Gasteiger partial charge in [-0.2, -0.15) is 0 Å². The predicted molar refractivity (Wildman–Crippen MR) is 209 cm³/mol. The zero-order valence-electron chi connectivity index (χ0n) is 29.9. The molecule has 276 valence electrons. The molecule has 0 spiro atoms. The minimum absolute atomic E-state index is 0.00146. The number of fused-ring (bicyclic) bond motifs is 1. The molecule has 4 amide bonds. The number of carbonyl (C=O) groups excluding carboxylic acids is 4. The van der Waals surface area contributed by atoms with Crippen LogP contribution in [0.15, 0.2) is 130 Å². The number of para-hydroxylation sites is 2. The Kier molecular flexibility index (Phi) is 10.6. The van der Waals surface area contributed by atoms with Crippen molar-refractivity contribution in [1.82, 2.24) is 10.3 Å². The number of hydrogen-bond acceptors (Lipinski definition) is 10. The molecular weight excluding hydrogens is 721 g/mol. The van der Waals surface area contributed by atoms with Crippen molar-refractivity contribution in [3.63, 3.8) is 0 Å². The lowest BCUT2D eigenvalue weighted by atomic mass is 10.1. The van der Waals surface area contributed by atoms with E-state index in [2.05, 4.69) is 15.6 Å². The highest BCUT2D eigenvalue weighted by Gasteiger charge is 2.40. The molecular formula is C42H34N4O8S. The van der Waals surface area contributed by atoms with Crippen LogP contribution in [0.3, 0.4) is 0 Å². The van der Waals surface area contributed by atoms with E-state index in [-0.39, 0.29) is 23.9 Å². The van der Waals surface area contributed by atoms with Gasteiger partial charge in [0.15, 0.2) is 17.1 Å². The maximum absolute atomic E-state index is 13.9. The fraction of sp³-hybridized carbons (Fsp3) is 0.119. The molecule has 55 heavy (non-hydrogen) atoms. The molecule has 0 bridgehead atoms. The van der Waals surface area contributed by atoms with Gasteiger partial charge in [-0.25, -0.2) is 9.88 Å². The third kappa shape index (κ3) is 7.92. The Bertz CT molecular complexity index is 2410. The highest BCUT2D eigenvalue weighted by molar-refractivity contribution is 8.00. The van der Waals surface area contributed by atoms with Crippen molar-refractivity contribution in [2.45, 2.75) is 16.6 Å². The van der Waals surface area contributed by atoms with Gasteiger partial charge in [0.2, 0.25) is 17.7 Å². The first-order valence-electron chi connectivity index (χ1n) is 17.0. The number of anilines is 2. The van der Waals surface area contributed by atoms with E-state index in [1.165, 1.54) is 44.1 Å². The number of imide groups is 1. The molecule has 13 heteroatoms. The van der Waals surface area contributed by atoms with E-state index in [9.17, 15) is 19.2 Å². The minimum atomic E-state index is -0.687. The molecule has 0 aliphatic carbocycles. The fourth-order valence-corrected chi connectivity index (χ4v) is 7.10. The molecule has 1 atom stereocenters. The van der Waals surface area contributed by atoms with Gasteiger partial charge in [-0.05, 0) is 78.9 Å². The molecule has 5 aromatic carbocycles. The number of methoxy groups -OCH3 is 3. The van der Waals surface area contributed by atoms with E-state index in [1.807, 2.05) is 24.3 Å². The van der Waals surface area contributed by atoms with Crippen LogP contribution < -0.4 is 29.7 Å². The first-order valence-corrected chi connectivity index (χ1v) is 17.9. The van der Waals surface area contributed by atoms with Crippen molar-refractivity contribution in [3.05, 3.63) is 132 Å². The lowest BCUT2D eigenvalue weighted by Gasteiger charge is -2.16. The Labute approximate surface area is 320 Å². The van der Waals surface area contributed by atoms with Crippen LogP contribution in [-0.4, -0.2) is 55.2 Å². The Morgan fingerprint density at radius 2 is 1.53 bits per heavy atom. The van der Waals surface area contributed by atoms with Gasteiger partial charge in [0.05, 0.1) is 32.3 Å². The average Bonchev–Trinajstić information content (AvgIpc) is 3.77. The number of rotatable bonds is 12. The lowest BCUT2D eigenvalue weighted by molar-refractivity contribution is -0.121. The number of amides is 4. The first kappa shape index (κ1) is 36.5. The van der Waals surface area contributed by atoms with Crippen LogP contribution >= 0.6 is 11.8 Å². The van der Waals surface area contributed by atoms with Gasteiger partial charge in [-0.1, -0.05) is 36.4 Å². The Morgan fingerprint density at radius 3 is 2.25 bits per heavy atom. The fourth-order valence-electron chi connectivity index (χ4n) is 5.99. The molecule has 0 saturated carbocycles. The van der Waals surface area contributed by atoms with Crippen LogP contribution in [0.4, 0.5) is 11.4 Å². The van der Waals surface area contributed by atoms with Crippen molar-refractivity contribution in [1.29, 1.82) is 0 Å². The average molecular weight is 755 g/mol. The molecule has 0 radical (unpaired) electrons. The number of nitrogens with zero attached hydrogens (tertiary/aromatic N) is 2.